The third-order valence-electron chi connectivity index (χ3n) is 1.83. The number of rotatable bonds is 2. The topological polar surface area (TPSA) is 52.9 Å². The maximum atomic E-state index is 11.8. The molecule has 0 heterocycles. The Labute approximate surface area is 108 Å². The Morgan fingerprint density at radius 1 is 1.50 bits per heavy atom. The standard InChI is InChI=1S/C11H10BrClN2O/c1-11(2,6-14)15-10(16)7-3-8(12)5-9(13)4-7/h3-5H,1-2H3,(H,15,16). The van der Waals surface area contributed by atoms with Crippen molar-refractivity contribution in [1.29, 1.82) is 5.26 Å². The minimum Gasteiger partial charge on any atom is -0.334 e. The number of benzene rings is 1. The van der Waals surface area contributed by atoms with Gasteiger partial charge in [0.15, 0.2) is 0 Å². The molecule has 0 saturated heterocycles. The van der Waals surface area contributed by atoms with E-state index >= 15 is 0 Å². The normalized spacial score (nSPS) is 10.7. The summed E-state index contributed by atoms with van der Waals surface area (Å²) in [5.41, 5.74) is -0.478. The van der Waals surface area contributed by atoms with Crippen molar-refractivity contribution >= 4 is 33.4 Å². The maximum Gasteiger partial charge on any atom is 0.252 e. The second kappa shape index (κ2) is 4.86. The molecule has 1 amide bonds. The lowest BCUT2D eigenvalue weighted by molar-refractivity contribution is 0.0929. The van der Waals surface area contributed by atoms with Gasteiger partial charge >= 0.3 is 0 Å². The molecule has 0 radical (unpaired) electrons. The van der Waals surface area contributed by atoms with Gasteiger partial charge in [-0.2, -0.15) is 5.26 Å². The van der Waals surface area contributed by atoms with Crippen LogP contribution in [0.5, 0.6) is 0 Å². The van der Waals surface area contributed by atoms with E-state index in [4.69, 9.17) is 16.9 Å². The quantitative estimate of drug-likeness (QED) is 0.912. The first kappa shape index (κ1) is 13.0. The van der Waals surface area contributed by atoms with Crippen molar-refractivity contribution in [2.24, 2.45) is 0 Å². The predicted octanol–water partition coefficient (Wildman–Crippen LogP) is 3.13. The van der Waals surface area contributed by atoms with Gasteiger partial charge in [-0.15, -0.1) is 0 Å². The van der Waals surface area contributed by atoms with Gasteiger partial charge in [0.05, 0.1) is 6.07 Å². The molecule has 1 aromatic rings. The molecule has 0 spiro atoms. The molecule has 0 aromatic heterocycles. The first-order chi connectivity index (χ1) is 7.34. The fourth-order valence-corrected chi connectivity index (χ4v) is 1.93. The van der Waals surface area contributed by atoms with E-state index in [2.05, 4.69) is 21.2 Å². The number of hydrogen-bond donors (Lipinski definition) is 1. The number of carbonyl (C=O) groups is 1. The predicted molar refractivity (Wildman–Crippen MR) is 66.3 cm³/mol. The van der Waals surface area contributed by atoms with Gasteiger partial charge in [0.2, 0.25) is 0 Å². The van der Waals surface area contributed by atoms with Crippen LogP contribution in [0.3, 0.4) is 0 Å². The summed E-state index contributed by atoms with van der Waals surface area (Å²) in [5.74, 6) is -0.324. The zero-order chi connectivity index (χ0) is 12.3. The van der Waals surface area contributed by atoms with E-state index in [0.29, 0.717) is 10.6 Å². The summed E-state index contributed by atoms with van der Waals surface area (Å²) in [7, 11) is 0. The smallest absolute Gasteiger partial charge is 0.252 e. The van der Waals surface area contributed by atoms with Crippen LogP contribution < -0.4 is 5.32 Å². The Morgan fingerprint density at radius 2 is 2.12 bits per heavy atom. The Bertz CT molecular complexity index is 445. The molecule has 0 saturated carbocycles. The van der Waals surface area contributed by atoms with E-state index in [1.165, 1.54) is 0 Å². The van der Waals surface area contributed by atoms with Gasteiger partial charge in [0.25, 0.3) is 5.91 Å². The molecule has 3 nitrogen and oxygen atoms in total. The van der Waals surface area contributed by atoms with Crippen molar-refractivity contribution in [3.8, 4) is 6.07 Å². The largest absolute Gasteiger partial charge is 0.334 e. The zero-order valence-electron chi connectivity index (χ0n) is 8.84. The average molecular weight is 302 g/mol. The maximum absolute atomic E-state index is 11.8. The van der Waals surface area contributed by atoms with Gasteiger partial charge in [-0.1, -0.05) is 27.5 Å². The monoisotopic (exact) mass is 300 g/mol. The van der Waals surface area contributed by atoms with Gasteiger partial charge in [0.1, 0.15) is 5.54 Å². The highest BCUT2D eigenvalue weighted by atomic mass is 79.9. The van der Waals surface area contributed by atoms with Crippen LogP contribution in [0.1, 0.15) is 24.2 Å². The van der Waals surface area contributed by atoms with Crippen LogP contribution in [-0.2, 0) is 0 Å². The minimum atomic E-state index is -0.897. The van der Waals surface area contributed by atoms with Gasteiger partial charge in [0, 0.05) is 15.1 Å². The average Bonchev–Trinajstić information content (AvgIpc) is 2.15. The highest BCUT2D eigenvalue weighted by Gasteiger charge is 2.20. The van der Waals surface area contributed by atoms with E-state index in [1.807, 2.05) is 6.07 Å². The Morgan fingerprint density at radius 3 is 2.62 bits per heavy atom. The number of halogens is 2. The number of amides is 1. The number of nitriles is 1. The molecule has 84 valence electrons. The summed E-state index contributed by atoms with van der Waals surface area (Å²) in [6.45, 7) is 3.26. The van der Waals surface area contributed by atoms with Crippen molar-refractivity contribution in [3.63, 3.8) is 0 Å². The van der Waals surface area contributed by atoms with Crippen LogP contribution in [0.25, 0.3) is 0 Å². The number of nitrogens with zero attached hydrogens (tertiary/aromatic N) is 1. The second-order valence-corrected chi connectivity index (χ2v) is 5.20. The Hall–Kier alpha value is -1.05. The van der Waals surface area contributed by atoms with Gasteiger partial charge in [-0.05, 0) is 32.0 Å². The molecular formula is C11H10BrClN2O. The lowest BCUT2D eigenvalue weighted by Gasteiger charge is -2.17. The molecule has 1 rings (SSSR count). The SMILES string of the molecule is CC(C)(C#N)NC(=O)c1cc(Cl)cc(Br)c1. The summed E-state index contributed by atoms with van der Waals surface area (Å²) in [6, 6.07) is 6.88. The van der Waals surface area contributed by atoms with Crippen molar-refractivity contribution in [2.45, 2.75) is 19.4 Å². The number of nitrogens with one attached hydrogen (secondary N) is 1. The van der Waals surface area contributed by atoms with E-state index in [-0.39, 0.29) is 5.91 Å². The number of carbonyl (C=O) groups excluding carboxylic acids is 1. The molecule has 0 unspecified atom stereocenters. The lowest BCUT2D eigenvalue weighted by atomic mass is 10.1. The fourth-order valence-electron chi connectivity index (χ4n) is 1.07. The summed E-state index contributed by atoms with van der Waals surface area (Å²) in [4.78, 5) is 11.8. The van der Waals surface area contributed by atoms with E-state index in [0.717, 1.165) is 4.47 Å². The van der Waals surface area contributed by atoms with Crippen LogP contribution in [0.4, 0.5) is 0 Å². The molecular weight excluding hydrogens is 291 g/mol. The lowest BCUT2D eigenvalue weighted by Crippen LogP contribution is -2.42. The Balaban J connectivity index is 2.94. The van der Waals surface area contributed by atoms with Crippen molar-refractivity contribution in [1.82, 2.24) is 5.32 Å². The van der Waals surface area contributed by atoms with Crippen molar-refractivity contribution in [2.75, 3.05) is 0 Å². The van der Waals surface area contributed by atoms with Crippen LogP contribution in [0.15, 0.2) is 22.7 Å². The molecule has 5 heteroatoms. The highest BCUT2D eigenvalue weighted by molar-refractivity contribution is 9.10. The molecule has 0 fully saturated rings. The minimum absolute atomic E-state index is 0.324. The molecule has 1 N–H and O–H groups in total. The van der Waals surface area contributed by atoms with E-state index < -0.39 is 5.54 Å². The van der Waals surface area contributed by atoms with Gasteiger partial charge < -0.3 is 5.32 Å². The van der Waals surface area contributed by atoms with Gasteiger partial charge in [-0.25, -0.2) is 0 Å². The van der Waals surface area contributed by atoms with E-state index in [9.17, 15) is 4.79 Å². The summed E-state index contributed by atoms with van der Waals surface area (Å²) in [5, 5.41) is 11.9. The third kappa shape index (κ3) is 3.51. The molecule has 0 aliphatic heterocycles. The fraction of sp³-hybridized carbons (Fsp3) is 0.273. The molecule has 16 heavy (non-hydrogen) atoms. The highest BCUT2D eigenvalue weighted by Crippen LogP contribution is 2.19. The van der Waals surface area contributed by atoms with Gasteiger partial charge in [-0.3, -0.25) is 4.79 Å². The van der Waals surface area contributed by atoms with Crippen LogP contribution in [-0.4, -0.2) is 11.4 Å². The van der Waals surface area contributed by atoms with Crippen LogP contribution in [0.2, 0.25) is 5.02 Å². The van der Waals surface area contributed by atoms with Crippen molar-refractivity contribution in [3.05, 3.63) is 33.3 Å². The summed E-state index contributed by atoms with van der Waals surface area (Å²) < 4.78 is 0.722. The second-order valence-electron chi connectivity index (χ2n) is 3.85. The first-order valence-electron chi connectivity index (χ1n) is 4.54. The molecule has 0 aliphatic carbocycles. The first-order valence-corrected chi connectivity index (χ1v) is 5.71. The zero-order valence-corrected chi connectivity index (χ0v) is 11.2. The van der Waals surface area contributed by atoms with E-state index in [1.54, 1.807) is 32.0 Å². The third-order valence-corrected chi connectivity index (χ3v) is 2.51. The van der Waals surface area contributed by atoms with Crippen LogP contribution in [0, 0.1) is 11.3 Å². The molecule has 0 bridgehead atoms. The van der Waals surface area contributed by atoms with Crippen molar-refractivity contribution < 1.29 is 4.79 Å². The molecule has 0 atom stereocenters. The summed E-state index contributed by atoms with van der Waals surface area (Å²) in [6.07, 6.45) is 0. The summed E-state index contributed by atoms with van der Waals surface area (Å²) >= 11 is 9.07. The molecule has 1 aromatic carbocycles. The van der Waals surface area contributed by atoms with Crippen LogP contribution >= 0.6 is 27.5 Å². The number of hydrogen-bond acceptors (Lipinski definition) is 2. The Kier molecular flexibility index (Phi) is 3.95. The molecule has 0 aliphatic rings.